The second-order valence-corrected chi connectivity index (χ2v) is 8.75. The molecule has 0 aliphatic carbocycles. The van der Waals surface area contributed by atoms with E-state index in [0.29, 0.717) is 23.5 Å². The molecule has 2 bridgehead atoms. The molecule has 2 aromatic rings. The number of fused-ring (bicyclic) bond motifs is 2. The summed E-state index contributed by atoms with van der Waals surface area (Å²) in [6.07, 6.45) is 4.21. The topological polar surface area (TPSA) is 67.6 Å². The molecular formula is C18H19NO4S. The highest BCUT2D eigenvalue weighted by molar-refractivity contribution is 7.92. The zero-order valence-corrected chi connectivity index (χ0v) is 14.0. The zero-order chi connectivity index (χ0) is 16.7. The van der Waals surface area contributed by atoms with Gasteiger partial charge in [-0.25, -0.2) is 8.42 Å². The van der Waals surface area contributed by atoms with Gasteiger partial charge in [-0.15, -0.1) is 0 Å². The van der Waals surface area contributed by atoms with E-state index in [1.165, 1.54) is 6.26 Å². The summed E-state index contributed by atoms with van der Waals surface area (Å²) in [7, 11) is -3.35. The molecule has 0 spiro atoms. The van der Waals surface area contributed by atoms with Crippen molar-refractivity contribution in [1.29, 1.82) is 0 Å². The van der Waals surface area contributed by atoms with Gasteiger partial charge in [0, 0.05) is 12.1 Å². The van der Waals surface area contributed by atoms with Gasteiger partial charge in [-0.2, -0.15) is 0 Å². The third-order valence-electron chi connectivity index (χ3n) is 5.17. The van der Waals surface area contributed by atoms with Crippen molar-refractivity contribution in [3.05, 3.63) is 54.5 Å². The van der Waals surface area contributed by atoms with Gasteiger partial charge in [0.2, 0.25) is 0 Å². The Kier molecular flexibility index (Phi) is 3.72. The van der Waals surface area contributed by atoms with Crippen LogP contribution >= 0.6 is 0 Å². The van der Waals surface area contributed by atoms with Crippen LogP contribution in [-0.2, 0) is 9.84 Å². The number of hydrogen-bond acceptors (Lipinski definition) is 4. The molecule has 0 N–H and O–H groups in total. The quantitative estimate of drug-likeness (QED) is 0.858. The van der Waals surface area contributed by atoms with Crippen molar-refractivity contribution in [3.8, 4) is 0 Å². The van der Waals surface area contributed by atoms with Gasteiger partial charge in [0.05, 0.1) is 16.4 Å². The largest absolute Gasteiger partial charge is 0.459 e. The minimum absolute atomic E-state index is 0.0233. The molecule has 2 aliphatic heterocycles. The lowest BCUT2D eigenvalue weighted by Crippen LogP contribution is -2.49. The molecule has 4 rings (SSSR count). The number of piperidine rings is 1. The molecule has 0 radical (unpaired) electrons. The average Bonchev–Trinajstić information content (AvgIpc) is 3.21. The third kappa shape index (κ3) is 2.45. The number of nitrogens with zero attached hydrogens (tertiary/aromatic N) is 1. The fourth-order valence-corrected chi connectivity index (χ4v) is 5.91. The summed E-state index contributed by atoms with van der Waals surface area (Å²) in [5.74, 6) is 0.208. The van der Waals surface area contributed by atoms with Crippen molar-refractivity contribution in [3.63, 3.8) is 0 Å². The van der Waals surface area contributed by atoms with Crippen LogP contribution in [0.25, 0.3) is 0 Å². The fourth-order valence-electron chi connectivity index (χ4n) is 4.04. The lowest BCUT2D eigenvalue weighted by atomic mass is 10.0. The molecule has 126 valence electrons. The highest BCUT2D eigenvalue weighted by Gasteiger charge is 2.47. The molecule has 2 saturated heterocycles. The van der Waals surface area contributed by atoms with E-state index in [2.05, 4.69) is 0 Å². The van der Waals surface area contributed by atoms with Crippen molar-refractivity contribution in [2.45, 2.75) is 47.9 Å². The van der Waals surface area contributed by atoms with Crippen LogP contribution in [0.4, 0.5) is 0 Å². The molecule has 6 heteroatoms. The van der Waals surface area contributed by atoms with Crippen molar-refractivity contribution in [2.24, 2.45) is 0 Å². The normalized spacial score (nSPS) is 26.5. The van der Waals surface area contributed by atoms with E-state index in [9.17, 15) is 13.2 Å². The molecule has 2 atom stereocenters. The lowest BCUT2D eigenvalue weighted by molar-refractivity contribution is 0.0565. The van der Waals surface area contributed by atoms with Crippen LogP contribution in [0.5, 0.6) is 0 Å². The first-order valence-corrected chi connectivity index (χ1v) is 9.77. The summed E-state index contributed by atoms with van der Waals surface area (Å²) in [6, 6.07) is 11.9. The molecule has 0 saturated carbocycles. The minimum atomic E-state index is -3.35. The summed E-state index contributed by atoms with van der Waals surface area (Å²) in [4.78, 5) is 14.8. The van der Waals surface area contributed by atoms with Gasteiger partial charge >= 0.3 is 0 Å². The van der Waals surface area contributed by atoms with Crippen LogP contribution in [0.1, 0.15) is 36.2 Å². The minimum Gasteiger partial charge on any atom is -0.459 e. The van der Waals surface area contributed by atoms with Gasteiger partial charge in [0.25, 0.3) is 5.91 Å². The van der Waals surface area contributed by atoms with Crippen LogP contribution in [0.3, 0.4) is 0 Å². The number of sulfone groups is 1. The zero-order valence-electron chi connectivity index (χ0n) is 13.2. The van der Waals surface area contributed by atoms with Crippen LogP contribution in [0, 0.1) is 0 Å². The van der Waals surface area contributed by atoms with E-state index < -0.39 is 15.1 Å². The van der Waals surface area contributed by atoms with Gasteiger partial charge in [-0.3, -0.25) is 4.79 Å². The van der Waals surface area contributed by atoms with Crippen molar-refractivity contribution in [2.75, 3.05) is 0 Å². The van der Waals surface area contributed by atoms with Crippen LogP contribution < -0.4 is 0 Å². The van der Waals surface area contributed by atoms with E-state index in [1.807, 2.05) is 11.0 Å². The van der Waals surface area contributed by atoms with E-state index >= 15 is 0 Å². The summed E-state index contributed by atoms with van der Waals surface area (Å²) >= 11 is 0. The highest BCUT2D eigenvalue weighted by atomic mass is 32.2. The number of carbonyl (C=O) groups is 1. The Hall–Kier alpha value is -2.08. The summed E-state index contributed by atoms with van der Waals surface area (Å²) in [5.41, 5.74) is 0. The molecule has 1 aromatic heterocycles. The van der Waals surface area contributed by atoms with Crippen LogP contribution in [0.2, 0.25) is 0 Å². The number of carbonyl (C=O) groups excluding carboxylic acids is 1. The maximum Gasteiger partial charge on any atom is 0.290 e. The van der Waals surface area contributed by atoms with E-state index in [-0.39, 0.29) is 18.0 Å². The number of hydrogen-bond donors (Lipinski definition) is 0. The highest BCUT2D eigenvalue weighted by Crippen LogP contribution is 2.40. The Labute approximate surface area is 141 Å². The van der Waals surface area contributed by atoms with Crippen molar-refractivity contribution >= 4 is 15.7 Å². The van der Waals surface area contributed by atoms with E-state index in [0.717, 1.165) is 12.8 Å². The summed E-state index contributed by atoms with van der Waals surface area (Å²) < 4.78 is 31.0. The summed E-state index contributed by atoms with van der Waals surface area (Å²) in [6.45, 7) is 0. The first-order chi connectivity index (χ1) is 11.6. The molecule has 2 fully saturated rings. The van der Waals surface area contributed by atoms with Gasteiger partial charge < -0.3 is 9.32 Å². The molecule has 3 heterocycles. The maximum atomic E-state index is 12.9. The molecule has 5 nitrogen and oxygen atoms in total. The first-order valence-electron chi connectivity index (χ1n) is 8.22. The van der Waals surface area contributed by atoms with Crippen LogP contribution in [-0.4, -0.2) is 36.6 Å². The Morgan fingerprint density at radius 3 is 2.25 bits per heavy atom. The number of furan rings is 1. The monoisotopic (exact) mass is 345 g/mol. The van der Waals surface area contributed by atoms with Crippen molar-refractivity contribution in [1.82, 2.24) is 4.90 Å². The molecule has 2 unspecified atom stereocenters. The summed E-state index contributed by atoms with van der Waals surface area (Å²) in [5, 5.41) is -0.418. The van der Waals surface area contributed by atoms with Gasteiger partial charge in [0.1, 0.15) is 0 Å². The number of rotatable bonds is 3. The van der Waals surface area contributed by atoms with Gasteiger partial charge in [0.15, 0.2) is 15.6 Å². The molecule has 24 heavy (non-hydrogen) atoms. The second-order valence-electron chi connectivity index (χ2n) is 6.53. The number of benzene rings is 1. The fraction of sp³-hybridized carbons (Fsp3) is 0.389. The van der Waals surface area contributed by atoms with Crippen molar-refractivity contribution < 1.29 is 17.6 Å². The Balaban J connectivity index is 1.58. The number of amides is 1. The molecular weight excluding hydrogens is 326 g/mol. The lowest BCUT2D eigenvalue weighted by Gasteiger charge is -2.38. The van der Waals surface area contributed by atoms with E-state index in [4.69, 9.17) is 4.42 Å². The smallest absolute Gasteiger partial charge is 0.290 e. The second kappa shape index (κ2) is 5.77. The Morgan fingerprint density at radius 2 is 1.67 bits per heavy atom. The van der Waals surface area contributed by atoms with Gasteiger partial charge in [-0.1, -0.05) is 18.2 Å². The predicted octanol–water partition coefficient (Wildman–Crippen LogP) is 2.89. The van der Waals surface area contributed by atoms with E-state index in [1.54, 1.807) is 36.4 Å². The SMILES string of the molecule is O=C(c1ccco1)N1C2CCC1CC(S(=O)(=O)c1ccccc1)C2. The molecule has 1 aromatic carbocycles. The van der Waals surface area contributed by atoms with Gasteiger partial charge in [-0.05, 0) is 49.9 Å². The Bertz CT molecular complexity index is 815. The molecule has 2 aliphatic rings. The van der Waals surface area contributed by atoms with Crippen LogP contribution in [0.15, 0.2) is 58.0 Å². The molecule has 1 amide bonds. The predicted molar refractivity (Wildman–Crippen MR) is 88.3 cm³/mol. The maximum absolute atomic E-state index is 12.9. The Morgan fingerprint density at radius 1 is 1.00 bits per heavy atom. The first kappa shape index (κ1) is 15.4. The average molecular weight is 345 g/mol. The standard InChI is InChI=1S/C18H19NO4S/c20-18(17-7-4-10-23-17)19-13-8-9-14(19)12-16(11-13)24(21,22)15-5-2-1-3-6-15/h1-7,10,13-14,16H,8-9,11-12H2. The third-order valence-corrected chi connectivity index (χ3v) is 7.36.